The van der Waals surface area contributed by atoms with Crippen molar-refractivity contribution in [1.29, 1.82) is 0 Å². The molecule has 1 amide bonds. The standard InChI is InChI=1S/C19H19N5OS/c25-19(17-12-26-18(20-17)14-4-2-1-3-5-14)23-9-8-15(10-23)24-11-16(21-22-24)13-6-7-13/h1-5,11-13,15H,6-10H2. The van der Waals surface area contributed by atoms with Gasteiger partial charge < -0.3 is 4.90 Å². The van der Waals surface area contributed by atoms with Crippen molar-refractivity contribution in [2.45, 2.75) is 31.2 Å². The normalized spacial score (nSPS) is 19.8. The van der Waals surface area contributed by atoms with Crippen LogP contribution in [0.3, 0.4) is 0 Å². The van der Waals surface area contributed by atoms with E-state index in [9.17, 15) is 4.79 Å². The Morgan fingerprint density at radius 3 is 2.81 bits per heavy atom. The van der Waals surface area contributed by atoms with Crippen molar-refractivity contribution in [2.24, 2.45) is 0 Å². The third kappa shape index (κ3) is 2.92. The number of carbonyl (C=O) groups is 1. The molecule has 2 aliphatic rings. The van der Waals surface area contributed by atoms with Crippen LogP contribution in [-0.2, 0) is 0 Å². The minimum absolute atomic E-state index is 0.00784. The molecule has 5 rings (SSSR count). The Hall–Kier alpha value is -2.54. The van der Waals surface area contributed by atoms with Gasteiger partial charge >= 0.3 is 0 Å². The smallest absolute Gasteiger partial charge is 0.273 e. The summed E-state index contributed by atoms with van der Waals surface area (Å²) >= 11 is 1.51. The monoisotopic (exact) mass is 365 g/mol. The summed E-state index contributed by atoms with van der Waals surface area (Å²) < 4.78 is 1.94. The molecule has 26 heavy (non-hydrogen) atoms. The largest absolute Gasteiger partial charge is 0.335 e. The second-order valence-corrected chi connectivity index (χ2v) is 7.85. The van der Waals surface area contributed by atoms with Gasteiger partial charge in [-0.15, -0.1) is 16.4 Å². The number of carbonyl (C=O) groups excluding carboxylic acids is 1. The van der Waals surface area contributed by atoms with E-state index in [2.05, 4.69) is 21.5 Å². The van der Waals surface area contributed by atoms with Crippen molar-refractivity contribution in [3.63, 3.8) is 0 Å². The average Bonchev–Trinajstić information content (AvgIpc) is 3.12. The number of likely N-dealkylation sites (tertiary alicyclic amines) is 1. The molecule has 1 unspecified atom stereocenters. The number of benzene rings is 1. The second-order valence-electron chi connectivity index (χ2n) is 7.00. The van der Waals surface area contributed by atoms with Gasteiger partial charge in [0.1, 0.15) is 10.7 Å². The Kier molecular flexibility index (Phi) is 3.81. The molecule has 3 heterocycles. The van der Waals surface area contributed by atoms with Gasteiger partial charge in [-0.3, -0.25) is 4.79 Å². The van der Waals surface area contributed by atoms with E-state index in [1.54, 1.807) is 0 Å². The molecule has 1 saturated heterocycles. The third-order valence-corrected chi connectivity index (χ3v) is 5.98. The molecular weight excluding hydrogens is 346 g/mol. The van der Waals surface area contributed by atoms with Crippen LogP contribution in [0.2, 0.25) is 0 Å². The van der Waals surface area contributed by atoms with E-state index in [4.69, 9.17) is 0 Å². The van der Waals surface area contributed by atoms with E-state index >= 15 is 0 Å². The van der Waals surface area contributed by atoms with Crippen molar-refractivity contribution in [2.75, 3.05) is 13.1 Å². The highest BCUT2D eigenvalue weighted by molar-refractivity contribution is 7.13. The van der Waals surface area contributed by atoms with E-state index < -0.39 is 0 Å². The minimum Gasteiger partial charge on any atom is -0.335 e. The number of rotatable bonds is 4. The van der Waals surface area contributed by atoms with Gasteiger partial charge in [0.2, 0.25) is 0 Å². The summed E-state index contributed by atoms with van der Waals surface area (Å²) in [6, 6.07) is 10.2. The number of nitrogens with zero attached hydrogens (tertiary/aromatic N) is 5. The maximum atomic E-state index is 12.8. The highest BCUT2D eigenvalue weighted by Gasteiger charge is 2.32. The molecule has 1 aliphatic carbocycles. The van der Waals surface area contributed by atoms with Crippen molar-refractivity contribution < 1.29 is 4.79 Å². The quantitative estimate of drug-likeness (QED) is 0.711. The molecule has 3 aromatic rings. The van der Waals surface area contributed by atoms with E-state index in [1.807, 2.05) is 45.3 Å². The zero-order valence-electron chi connectivity index (χ0n) is 14.3. The topological polar surface area (TPSA) is 63.9 Å². The Morgan fingerprint density at radius 1 is 1.15 bits per heavy atom. The second kappa shape index (κ2) is 6.32. The molecule has 1 saturated carbocycles. The molecule has 132 valence electrons. The molecule has 0 N–H and O–H groups in total. The zero-order valence-corrected chi connectivity index (χ0v) is 15.1. The molecule has 2 aromatic heterocycles. The van der Waals surface area contributed by atoms with Crippen LogP contribution in [-0.4, -0.2) is 43.9 Å². The van der Waals surface area contributed by atoms with Gasteiger partial charge in [-0.05, 0) is 19.3 Å². The van der Waals surface area contributed by atoms with Crippen LogP contribution in [0.25, 0.3) is 10.6 Å². The lowest BCUT2D eigenvalue weighted by atomic mass is 10.2. The number of thiazole rings is 1. The van der Waals surface area contributed by atoms with Crippen LogP contribution in [0.1, 0.15) is 47.4 Å². The molecule has 0 spiro atoms. The van der Waals surface area contributed by atoms with Crippen LogP contribution < -0.4 is 0 Å². The van der Waals surface area contributed by atoms with Crippen molar-refractivity contribution in [3.05, 3.63) is 53.3 Å². The summed E-state index contributed by atoms with van der Waals surface area (Å²) in [6.07, 6.45) is 5.42. The number of amides is 1. The van der Waals surface area contributed by atoms with E-state index in [1.165, 1.54) is 24.2 Å². The van der Waals surface area contributed by atoms with Gasteiger partial charge in [0, 0.05) is 36.1 Å². The summed E-state index contributed by atoms with van der Waals surface area (Å²) in [6.45, 7) is 1.41. The summed E-state index contributed by atoms with van der Waals surface area (Å²) in [4.78, 5) is 19.2. The molecule has 1 aliphatic heterocycles. The molecule has 1 atom stereocenters. The summed E-state index contributed by atoms with van der Waals surface area (Å²) in [5, 5.41) is 11.3. The summed E-state index contributed by atoms with van der Waals surface area (Å²) in [5.74, 6) is 0.614. The Bertz CT molecular complexity index is 930. The van der Waals surface area contributed by atoms with Gasteiger partial charge in [0.15, 0.2) is 0 Å². The van der Waals surface area contributed by atoms with Crippen LogP contribution in [0.4, 0.5) is 0 Å². The lowest BCUT2D eigenvalue weighted by Crippen LogP contribution is -2.29. The summed E-state index contributed by atoms with van der Waals surface area (Å²) in [7, 11) is 0. The van der Waals surface area contributed by atoms with Gasteiger partial charge in [-0.2, -0.15) is 0 Å². The third-order valence-electron chi connectivity index (χ3n) is 5.09. The highest BCUT2D eigenvalue weighted by atomic mass is 32.1. The number of hydrogen-bond donors (Lipinski definition) is 0. The fraction of sp³-hybridized carbons (Fsp3) is 0.368. The maximum Gasteiger partial charge on any atom is 0.273 e. The zero-order chi connectivity index (χ0) is 17.5. The molecule has 1 aromatic carbocycles. The first-order chi connectivity index (χ1) is 12.8. The summed E-state index contributed by atoms with van der Waals surface area (Å²) in [5.41, 5.74) is 2.68. The first-order valence-electron chi connectivity index (χ1n) is 9.00. The van der Waals surface area contributed by atoms with Crippen molar-refractivity contribution in [3.8, 4) is 10.6 Å². The van der Waals surface area contributed by atoms with Gasteiger partial charge in [-0.1, -0.05) is 35.5 Å². The van der Waals surface area contributed by atoms with Crippen LogP contribution >= 0.6 is 11.3 Å². The number of aromatic nitrogens is 4. The fourth-order valence-corrected chi connectivity index (χ4v) is 4.22. The number of hydrogen-bond acceptors (Lipinski definition) is 5. The molecular formula is C19H19N5OS. The van der Waals surface area contributed by atoms with Crippen LogP contribution in [0, 0.1) is 0 Å². The van der Waals surface area contributed by atoms with E-state index in [-0.39, 0.29) is 11.9 Å². The van der Waals surface area contributed by atoms with E-state index in [0.717, 1.165) is 29.2 Å². The lowest BCUT2D eigenvalue weighted by molar-refractivity contribution is 0.0782. The van der Waals surface area contributed by atoms with Gasteiger partial charge in [0.05, 0.1) is 11.7 Å². The predicted octanol–water partition coefficient (Wildman–Crippen LogP) is 3.37. The Balaban J connectivity index is 1.28. The molecule has 7 heteroatoms. The van der Waals surface area contributed by atoms with E-state index in [0.29, 0.717) is 18.2 Å². The van der Waals surface area contributed by atoms with Crippen molar-refractivity contribution in [1.82, 2.24) is 24.9 Å². The first kappa shape index (κ1) is 15.7. The van der Waals surface area contributed by atoms with Crippen molar-refractivity contribution >= 4 is 17.2 Å². The SMILES string of the molecule is O=C(c1csc(-c2ccccc2)n1)N1CCC(n2cc(C3CC3)nn2)C1. The van der Waals surface area contributed by atoms with Gasteiger partial charge in [-0.25, -0.2) is 9.67 Å². The maximum absolute atomic E-state index is 12.8. The molecule has 0 bridgehead atoms. The Morgan fingerprint density at radius 2 is 2.00 bits per heavy atom. The lowest BCUT2D eigenvalue weighted by Gasteiger charge is -2.15. The van der Waals surface area contributed by atoms with Crippen LogP contribution in [0.5, 0.6) is 0 Å². The molecule has 0 radical (unpaired) electrons. The minimum atomic E-state index is 0.00784. The average molecular weight is 365 g/mol. The predicted molar refractivity (Wildman–Crippen MR) is 99.1 cm³/mol. The molecule has 2 fully saturated rings. The highest BCUT2D eigenvalue weighted by Crippen LogP contribution is 2.39. The Labute approximate surface area is 155 Å². The van der Waals surface area contributed by atoms with Crippen LogP contribution in [0.15, 0.2) is 41.9 Å². The fourth-order valence-electron chi connectivity index (χ4n) is 3.42. The first-order valence-corrected chi connectivity index (χ1v) is 9.88. The van der Waals surface area contributed by atoms with Gasteiger partial charge in [0.25, 0.3) is 5.91 Å². The molecule has 6 nitrogen and oxygen atoms in total.